The maximum absolute atomic E-state index is 14.5. The molecule has 1 unspecified atom stereocenters. The number of H-pyrrole nitrogens is 1. The number of nitrogens with zero attached hydrogens (tertiary/aromatic N) is 6. The normalized spacial score (nSPS) is 12.2. The number of anilines is 2. The van der Waals surface area contributed by atoms with Gasteiger partial charge in [0.1, 0.15) is 29.3 Å². The number of nitrogen functional groups attached to an aromatic ring is 1. The Morgan fingerprint density at radius 2 is 2.12 bits per heavy atom. The molecule has 33 heavy (non-hydrogen) atoms. The summed E-state index contributed by atoms with van der Waals surface area (Å²) < 4.78 is 21.1. The number of benzene rings is 1. The number of hydrogen-bond acceptors (Lipinski definition) is 9. The molecule has 0 spiro atoms. The van der Waals surface area contributed by atoms with E-state index in [4.69, 9.17) is 10.3 Å². The average molecular weight is 447 g/mol. The molecule has 11 nitrogen and oxygen atoms in total. The molecule has 0 aliphatic heterocycles. The van der Waals surface area contributed by atoms with Gasteiger partial charge in [-0.2, -0.15) is 10.1 Å². The molecule has 0 fully saturated rings. The van der Waals surface area contributed by atoms with Crippen molar-refractivity contribution in [3.05, 3.63) is 70.5 Å². The van der Waals surface area contributed by atoms with Crippen LogP contribution in [0, 0.1) is 12.7 Å². The molecule has 5 aromatic rings. The summed E-state index contributed by atoms with van der Waals surface area (Å²) in [6.07, 6.45) is 2.88. The first-order valence-electron chi connectivity index (χ1n) is 9.96. The second-order valence-corrected chi connectivity index (χ2v) is 7.34. The van der Waals surface area contributed by atoms with Gasteiger partial charge in [-0.25, -0.2) is 14.4 Å². The Labute approximate surface area is 185 Å². The number of fused-ring (bicyclic) bond motifs is 1. The zero-order valence-electron chi connectivity index (χ0n) is 17.6. The first-order valence-corrected chi connectivity index (χ1v) is 9.96. The van der Waals surface area contributed by atoms with Crippen molar-refractivity contribution in [3.8, 4) is 17.3 Å². The molecular weight excluding hydrogens is 429 g/mol. The lowest BCUT2D eigenvalue weighted by atomic mass is 10.1. The van der Waals surface area contributed by atoms with Gasteiger partial charge in [-0.3, -0.25) is 14.5 Å². The molecule has 4 N–H and O–H groups in total. The van der Waals surface area contributed by atoms with Gasteiger partial charge in [0.15, 0.2) is 11.6 Å². The fraction of sp³-hybridized carbons (Fsp3) is 0.143. The Balaban J connectivity index is 1.66. The molecule has 0 aliphatic carbocycles. The summed E-state index contributed by atoms with van der Waals surface area (Å²) in [5.41, 5.74) is 6.40. The van der Waals surface area contributed by atoms with Crippen molar-refractivity contribution in [1.82, 2.24) is 34.9 Å². The van der Waals surface area contributed by atoms with Gasteiger partial charge in [0.05, 0.1) is 17.1 Å². The number of aromatic amines is 1. The van der Waals surface area contributed by atoms with Gasteiger partial charge in [0.2, 0.25) is 0 Å². The van der Waals surface area contributed by atoms with Crippen LogP contribution < -0.4 is 16.6 Å². The Kier molecular flexibility index (Phi) is 4.81. The Hall–Kier alpha value is -4.61. The van der Waals surface area contributed by atoms with Crippen LogP contribution in [0.25, 0.3) is 28.0 Å². The zero-order valence-corrected chi connectivity index (χ0v) is 17.6. The SMILES string of the molecule is Cc1noc(-c2c(N)ncnc2NC(C)c2cc3cccc(F)c3c(=O)n2-c2cc[nH]n2)n1. The first-order chi connectivity index (χ1) is 15.9. The quantitative estimate of drug-likeness (QED) is 0.369. The molecule has 4 aromatic heterocycles. The van der Waals surface area contributed by atoms with Crippen LogP contribution >= 0.6 is 0 Å². The van der Waals surface area contributed by atoms with Crippen molar-refractivity contribution in [3.63, 3.8) is 0 Å². The number of hydrogen-bond donors (Lipinski definition) is 3. The summed E-state index contributed by atoms with van der Waals surface area (Å²) in [5.74, 6) is 0.782. The molecule has 4 heterocycles. The first kappa shape index (κ1) is 20.3. The minimum absolute atomic E-state index is 0.0234. The molecule has 0 radical (unpaired) electrons. The number of halogens is 1. The Morgan fingerprint density at radius 1 is 1.27 bits per heavy atom. The topological polar surface area (TPSA) is 153 Å². The van der Waals surface area contributed by atoms with Gasteiger partial charge in [-0.15, -0.1) is 0 Å². The maximum atomic E-state index is 14.5. The molecule has 166 valence electrons. The number of aromatic nitrogens is 7. The number of aryl methyl sites for hydroxylation is 1. The molecule has 0 saturated carbocycles. The van der Waals surface area contributed by atoms with Crippen molar-refractivity contribution in [2.75, 3.05) is 11.1 Å². The van der Waals surface area contributed by atoms with E-state index in [2.05, 4.69) is 35.6 Å². The van der Waals surface area contributed by atoms with Crippen LogP contribution in [0.4, 0.5) is 16.0 Å². The molecule has 1 atom stereocenters. The van der Waals surface area contributed by atoms with E-state index < -0.39 is 17.4 Å². The van der Waals surface area contributed by atoms with E-state index in [-0.39, 0.29) is 17.1 Å². The van der Waals surface area contributed by atoms with Crippen LogP contribution in [0.5, 0.6) is 0 Å². The molecular formula is C21H18FN9O2. The van der Waals surface area contributed by atoms with Gasteiger partial charge in [0, 0.05) is 12.3 Å². The fourth-order valence-electron chi connectivity index (χ4n) is 3.67. The third-order valence-corrected chi connectivity index (χ3v) is 5.15. The maximum Gasteiger partial charge on any atom is 0.267 e. The van der Waals surface area contributed by atoms with Crippen molar-refractivity contribution >= 4 is 22.4 Å². The molecule has 5 rings (SSSR count). The van der Waals surface area contributed by atoms with Crippen LogP contribution in [0.15, 0.2) is 52.2 Å². The summed E-state index contributed by atoms with van der Waals surface area (Å²) >= 11 is 0. The van der Waals surface area contributed by atoms with Crippen LogP contribution in [0.1, 0.15) is 24.5 Å². The number of nitrogens with two attached hydrogens (primary N) is 1. The smallest absolute Gasteiger partial charge is 0.267 e. The summed E-state index contributed by atoms with van der Waals surface area (Å²) in [6.45, 7) is 3.50. The monoisotopic (exact) mass is 447 g/mol. The molecule has 0 aliphatic rings. The van der Waals surface area contributed by atoms with E-state index in [1.54, 1.807) is 37.4 Å². The van der Waals surface area contributed by atoms with E-state index in [0.717, 1.165) is 0 Å². The van der Waals surface area contributed by atoms with Crippen LogP contribution in [0.2, 0.25) is 0 Å². The van der Waals surface area contributed by atoms with Gasteiger partial charge in [0.25, 0.3) is 11.4 Å². The molecule has 1 aromatic carbocycles. The molecule has 0 bridgehead atoms. The highest BCUT2D eigenvalue weighted by molar-refractivity contribution is 5.83. The third-order valence-electron chi connectivity index (χ3n) is 5.15. The van der Waals surface area contributed by atoms with Crippen molar-refractivity contribution < 1.29 is 8.91 Å². The summed E-state index contributed by atoms with van der Waals surface area (Å²) in [6, 6.07) is 7.34. The summed E-state index contributed by atoms with van der Waals surface area (Å²) in [5, 5.41) is 14.3. The van der Waals surface area contributed by atoms with Crippen LogP contribution in [0.3, 0.4) is 0 Å². The van der Waals surface area contributed by atoms with E-state index in [9.17, 15) is 9.18 Å². The van der Waals surface area contributed by atoms with Gasteiger partial charge < -0.3 is 15.6 Å². The Bertz CT molecular complexity index is 1530. The molecule has 0 amide bonds. The number of pyridine rings is 1. The largest absolute Gasteiger partial charge is 0.383 e. The predicted molar refractivity (Wildman–Crippen MR) is 118 cm³/mol. The summed E-state index contributed by atoms with van der Waals surface area (Å²) in [7, 11) is 0. The van der Waals surface area contributed by atoms with Crippen LogP contribution in [-0.2, 0) is 0 Å². The molecule has 12 heteroatoms. The molecule has 0 saturated heterocycles. The van der Waals surface area contributed by atoms with Crippen molar-refractivity contribution in [2.45, 2.75) is 19.9 Å². The number of rotatable bonds is 5. The predicted octanol–water partition coefficient (Wildman–Crippen LogP) is 2.76. The highest BCUT2D eigenvalue weighted by Crippen LogP contribution is 2.32. The second kappa shape index (κ2) is 7.82. The highest BCUT2D eigenvalue weighted by atomic mass is 19.1. The van der Waals surface area contributed by atoms with Gasteiger partial charge in [-0.05, 0) is 31.4 Å². The minimum Gasteiger partial charge on any atom is -0.383 e. The van der Waals surface area contributed by atoms with E-state index >= 15 is 0 Å². The fourth-order valence-corrected chi connectivity index (χ4v) is 3.67. The van der Waals surface area contributed by atoms with E-state index in [1.807, 2.05) is 6.92 Å². The van der Waals surface area contributed by atoms with Gasteiger partial charge in [-0.1, -0.05) is 17.3 Å². The van der Waals surface area contributed by atoms with E-state index in [0.29, 0.717) is 34.1 Å². The van der Waals surface area contributed by atoms with Crippen LogP contribution in [-0.4, -0.2) is 34.9 Å². The van der Waals surface area contributed by atoms with Crippen molar-refractivity contribution in [2.24, 2.45) is 0 Å². The second-order valence-electron chi connectivity index (χ2n) is 7.34. The third kappa shape index (κ3) is 3.46. The zero-order chi connectivity index (χ0) is 23.1. The Morgan fingerprint density at radius 3 is 2.85 bits per heavy atom. The highest BCUT2D eigenvalue weighted by Gasteiger charge is 2.23. The van der Waals surface area contributed by atoms with Crippen molar-refractivity contribution in [1.29, 1.82) is 0 Å². The van der Waals surface area contributed by atoms with Gasteiger partial charge >= 0.3 is 0 Å². The standard InChI is InChI=1S/C21H18FN9O2/c1-10(27-19-17(18(23)24-9-25-19)20-28-11(2)30-33-20)14-8-12-4-3-5-13(22)16(12)21(32)31(14)15-6-7-26-29-15/h3-10H,1-2H3,(H,26,29)(H3,23,24,25,27). The lowest BCUT2D eigenvalue weighted by molar-refractivity contribution is 0.425. The summed E-state index contributed by atoms with van der Waals surface area (Å²) in [4.78, 5) is 25.8. The lowest BCUT2D eigenvalue weighted by Gasteiger charge is -2.21. The average Bonchev–Trinajstić information content (AvgIpc) is 3.45. The van der Waals surface area contributed by atoms with E-state index in [1.165, 1.54) is 17.0 Å². The minimum atomic E-state index is -0.605. The lowest BCUT2D eigenvalue weighted by Crippen LogP contribution is -2.26. The number of nitrogens with one attached hydrogen (secondary N) is 2.